The van der Waals surface area contributed by atoms with Crippen LogP contribution in [0.25, 0.3) is 0 Å². The van der Waals surface area contributed by atoms with Crippen LogP contribution < -0.4 is 0 Å². The highest BCUT2D eigenvalue weighted by Gasteiger charge is 2.50. The van der Waals surface area contributed by atoms with Crippen LogP contribution in [0.4, 0.5) is 8.78 Å². The number of carbonyl (C=O) groups is 1. The Morgan fingerprint density at radius 3 is 2.81 bits per heavy atom. The number of esters is 1. The summed E-state index contributed by atoms with van der Waals surface area (Å²) in [4.78, 5) is 14.6. The maximum Gasteiger partial charge on any atom is 0.380 e. The van der Waals surface area contributed by atoms with Crippen molar-refractivity contribution in [3.8, 4) is 0 Å². The van der Waals surface area contributed by atoms with E-state index in [0.717, 1.165) is 11.3 Å². The molecular formula is C9H11F2NO3S. The first-order valence-electron chi connectivity index (χ1n) is 4.54. The van der Waals surface area contributed by atoms with E-state index in [1.165, 1.54) is 12.3 Å². The van der Waals surface area contributed by atoms with E-state index in [9.17, 15) is 18.7 Å². The summed E-state index contributed by atoms with van der Waals surface area (Å²) in [6.07, 6.45) is -2.26. The van der Waals surface area contributed by atoms with Crippen LogP contribution >= 0.6 is 11.3 Å². The summed E-state index contributed by atoms with van der Waals surface area (Å²) >= 11 is 0.871. The van der Waals surface area contributed by atoms with Crippen LogP contribution in [0.2, 0.25) is 0 Å². The minimum absolute atomic E-state index is 0.169. The van der Waals surface area contributed by atoms with Gasteiger partial charge < -0.3 is 9.84 Å². The van der Waals surface area contributed by atoms with Gasteiger partial charge in [0.1, 0.15) is 5.01 Å². The summed E-state index contributed by atoms with van der Waals surface area (Å²) in [5.41, 5.74) is 0.513. The van der Waals surface area contributed by atoms with Gasteiger partial charge >= 0.3 is 11.9 Å². The predicted molar refractivity (Wildman–Crippen MR) is 53.4 cm³/mol. The molecule has 1 aromatic rings. The van der Waals surface area contributed by atoms with Crippen LogP contribution in [-0.2, 0) is 9.53 Å². The zero-order valence-electron chi connectivity index (χ0n) is 8.74. The normalized spacial score (nSPS) is 13.6. The molecule has 1 rings (SSSR count). The topological polar surface area (TPSA) is 59.4 Å². The smallest absolute Gasteiger partial charge is 0.380 e. The molecule has 0 aliphatic carbocycles. The lowest BCUT2D eigenvalue weighted by atomic mass is 10.2. The Morgan fingerprint density at radius 2 is 2.38 bits per heavy atom. The molecule has 1 unspecified atom stereocenters. The van der Waals surface area contributed by atoms with Gasteiger partial charge in [0, 0.05) is 11.1 Å². The lowest BCUT2D eigenvalue weighted by Crippen LogP contribution is -2.37. The van der Waals surface area contributed by atoms with Crippen LogP contribution in [0.1, 0.15) is 23.7 Å². The SMILES string of the molecule is CCOC(=O)C(F)(F)C(O)c1nc(C)cs1. The number of ether oxygens (including phenoxy) is 1. The maximum atomic E-state index is 13.3. The minimum Gasteiger partial charge on any atom is -0.461 e. The van der Waals surface area contributed by atoms with E-state index in [1.807, 2.05) is 0 Å². The third kappa shape index (κ3) is 2.53. The molecule has 7 heteroatoms. The molecule has 16 heavy (non-hydrogen) atoms. The summed E-state index contributed by atoms with van der Waals surface area (Å²) < 4.78 is 30.9. The molecule has 0 amide bonds. The van der Waals surface area contributed by atoms with Crippen molar-refractivity contribution in [1.82, 2.24) is 4.98 Å². The molecule has 1 N–H and O–H groups in total. The lowest BCUT2D eigenvalue weighted by molar-refractivity contribution is -0.189. The van der Waals surface area contributed by atoms with Gasteiger partial charge in [0.2, 0.25) is 0 Å². The van der Waals surface area contributed by atoms with Gasteiger partial charge in [-0.25, -0.2) is 9.78 Å². The number of hydrogen-bond acceptors (Lipinski definition) is 5. The number of aliphatic hydroxyl groups is 1. The third-order valence-corrected chi connectivity index (χ3v) is 2.78. The number of nitrogens with zero attached hydrogens (tertiary/aromatic N) is 1. The van der Waals surface area contributed by atoms with Gasteiger partial charge in [-0.05, 0) is 13.8 Å². The van der Waals surface area contributed by atoms with Gasteiger partial charge in [-0.2, -0.15) is 8.78 Å². The lowest BCUT2D eigenvalue weighted by Gasteiger charge is -2.18. The largest absolute Gasteiger partial charge is 0.461 e. The van der Waals surface area contributed by atoms with Crippen LogP contribution in [-0.4, -0.2) is 28.6 Å². The highest BCUT2D eigenvalue weighted by molar-refractivity contribution is 7.09. The number of carbonyl (C=O) groups excluding carboxylic acids is 1. The number of rotatable bonds is 4. The molecule has 0 spiro atoms. The Balaban J connectivity index is 2.87. The average molecular weight is 251 g/mol. The Morgan fingerprint density at radius 1 is 1.75 bits per heavy atom. The number of halogens is 2. The van der Waals surface area contributed by atoms with Gasteiger partial charge in [0.25, 0.3) is 0 Å². The van der Waals surface area contributed by atoms with Crippen molar-refractivity contribution in [3.63, 3.8) is 0 Å². The van der Waals surface area contributed by atoms with Crippen LogP contribution in [0.3, 0.4) is 0 Å². The second-order valence-corrected chi connectivity index (χ2v) is 3.96. The molecule has 0 saturated carbocycles. The standard InChI is InChI=1S/C9H11F2NO3S/c1-3-15-8(14)9(10,11)6(13)7-12-5(2)4-16-7/h4,6,13H,3H2,1-2H3. The first-order chi connectivity index (χ1) is 7.39. The van der Waals surface area contributed by atoms with Crippen molar-refractivity contribution in [2.45, 2.75) is 25.9 Å². The first kappa shape index (κ1) is 13.0. The summed E-state index contributed by atoms with van der Waals surface area (Å²) in [5, 5.41) is 10.7. The molecule has 0 aromatic carbocycles. The minimum atomic E-state index is -3.97. The highest BCUT2D eigenvalue weighted by Crippen LogP contribution is 2.33. The number of hydrogen-bond donors (Lipinski definition) is 1. The van der Waals surface area contributed by atoms with E-state index in [1.54, 1.807) is 6.92 Å². The van der Waals surface area contributed by atoms with Gasteiger partial charge in [0.15, 0.2) is 6.10 Å². The second kappa shape index (κ2) is 4.84. The third-order valence-electron chi connectivity index (χ3n) is 1.76. The molecular weight excluding hydrogens is 240 g/mol. The Hall–Kier alpha value is -1.08. The van der Waals surface area contributed by atoms with Crippen LogP contribution in [0.15, 0.2) is 5.38 Å². The van der Waals surface area contributed by atoms with Crippen molar-refractivity contribution in [3.05, 3.63) is 16.1 Å². The highest BCUT2D eigenvalue weighted by atomic mass is 32.1. The molecule has 0 aliphatic heterocycles. The second-order valence-electron chi connectivity index (χ2n) is 3.07. The van der Waals surface area contributed by atoms with E-state index in [-0.39, 0.29) is 11.6 Å². The summed E-state index contributed by atoms with van der Waals surface area (Å²) in [5.74, 6) is -5.71. The van der Waals surface area contributed by atoms with E-state index in [4.69, 9.17) is 0 Å². The fraction of sp³-hybridized carbons (Fsp3) is 0.556. The number of thiazole rings is 1. The quantitative estimate of drug-likeness (QED) is 0.827. The van der Waals surface area contributed by atoms with E-state index >= 15 is 0 Å². The summed E-state index contributed by atoms with van der Waals surface area (Å²) in [7, 11) is 0. The van der Waals surface area contributed by atoms with E-state index < -0.39 is 18.0 Å². The van der Waals surface area contributed by atoms with E-state index in [0.29, 0.717) is 5.69 Å². The summed E-state index contributed by atoms with van der Waals surface area (Å²) in [6, 6.07) is 0. The van der Waals surface area contributed by atoms with Gasteiger partial charge in [-0.15, -0.1) is 11.3 Å². The van der Waals surface area contributed by atoms with Crippen LogP contribution in [0, 0.1) is 6.92 Å². The molecule has 1 heterocycles. The zero-order valence-corrected chi connectivity index (χ0v) is 9.55. The Labute approximate surface area is 94.9 Å². The monoisotopic (exact) mass is 251 g/mol. The number of aromatic nitrogens is 1. The molecule has 4 nitrogen and oxygen atoms in total. The molecule has 0 fully saturated rings. The summed E-state index contributed by atoms with van der Waals surface area (Å²) in [6.45, 7) is 2.85. The van der Waals surface area contributed by atoms with E-state index in [2.05, 4.69) is 9.72 Å². The fourth-order valence-corrected chi connectivity index (χ4v) is 1.81. The van der Waals surface area contributed by atoms with Crippen molar-refractivity contribution >= 4 is 17.3 Å². The maximum absolute atomic E-state index is 13.3. The average Bonchev–Trinajstić information content (AvgIpc) is 2.64. The van der Waals surface area contributed by atoms with Crippen molar-refractivity contribution in [2.75, 3.05) is 6.61 Å². The Kier molecular flexibility index (Phi) is 3.93. The van der Waals surface area contributed by atoms with Crippen molar-refractivity contribution < 1.29 is 23.4 Å². The van der Waals surface area contributed by atoms with Gasteiger partial charge in [-0.3, -0.25) is 0 Å². The number of aliphatic hydroxyl groups excluding tert-OH is 1. The molecule has 90 valence electrons. The number of alkyl halides is 2. The number of aryl methyl sites for hydroxylation is 1. The predicted octanol–water partition coefficient (Wildman–Crippen LogP) is 1.68. The fourth-order valence-electron chi connectivity index (χ4n) is 0.992. The molecule has 1 atom stereocenters. The molecule has 0 aliphatic rings. The van der Waals surface area contributed by atoms with Crippen molar-refractivity contribution in [1.29, 1.82) is 0 Å². The molecule has 1 aromatic heterocycles. The van der Waals surface area contributed by atoms with Gasteiger partial charge in [0.05, 0.1) is 6.61 Å². The molecule has 0 saturated heterocycles. The van der Waals surface area contributed by atoms with Crippen molar-refractivity contribution in [2.24, 2.45) is 0 Å². The van der Waals surface area contributed by atoms with Gasteiger partial charge in [-0.1, -0.05) is 0 Å². The molecule has 0 bridgehead atoms. The molecule has 0 radical (unpaired) electrons. The Bertz CT molecular complexity index is 381. The van der Waals surface area contributed by atoms with Crippen LogP contribution in [0.5, 0.6) is 0 Å². The first-order valence-corrected chi connectivity index (χ1v) is 5.42. The zero-order chi connectivity index (χ0) is 12.3.